The number of piperazine rings is 1. The number of hydrogen-bond acceptors (Lipinski definition) is 5. The summed E-state index contributed by atoms with van der Waals surface area (Å²) in [6.45, 7) is 13.8. The van der Waals surface area contributed by atoms with Gasteiger partial charge in [0, 0.05) is 43.0 Å². The first-order valence-corrected chi connectivity index (χ1v) is 9.69. The van der Waals surface area contributed by atoms with Crippen molar-refractivity contribution in [3.05, 3.63) is 39.2 Å². The van der Waals surface area contributed by atoms with Crippen LogP contribution in [-0.4, -0.2) is 41.0 Å². The van der Waals surface area contributed by atoms with E-state index in [9.17, 15) is 0 Å². The first-order valence-electron chi connectivity index (χ1n) is 8.50. The number of oxazole rings is 1. The molecule has 0 saturated carbocycles. The first-order chi connectivity index (χ1) is 11.3. The molecule has 1 atom stereocenters. The molecule has 1 saturated heterocycles. The van der Waals surface area contributed by atoms with Crippen molar-refractivity contribution >= 4 is 22.9 Å². The molecule has 24 heavy (non-hydrogen) atoms. The zero-order valence-electron chi connectivity index (χ0n) is 14.9. The van der Waals surface area contributed by atoms with Crippen LogP contribution < -0.4 is 0 Å². The van der Waals surface area contributed by atoms with Gasteiger partial charge < -0.3 is 4.42 Å². The van der Waals surface area contributed by atoms with Crippen LogP contribution in [0.3, 0.4) is 0 Å². The van der Waals surface area contributed by atoms with Crippen LogP contribution in [0.4, 0.5) is 0 Å². The first kappa shape index (κ1) is 17.9. The van der Waals surface area contributed by atoms with Crippen LogP contribution in [0, 0.1) is 0 Å². The Bertz CT molecular complexity index is 668. The molecule has 4 nitrogen and oxygen atoms in total. The monoisotopic (exact) mass is 367 g/mol. The molecule has 0 unspecified atom stereocenters. The molecular weight excluding hydrogens is 342 g/mol. The van der Waals surface area contributed by atoms with Crippen molar-refractivity contribution in [3.63, 3.8) is 0 Å². The summed E-state index contributed by atoms with van der Waals surface area (Å²) in [7, 11) is 0. The maximum Gasteiger partial charge on any atom is 0.211 e. The van der Waals surface area contributed by atoms with Gasteiger partial charge in [0.05, 0.1) is 16.6 Å². The molecule has 0 aromatic carbocycles. The summed E-state index contributed by atoms with van der Waals surface area (Å²) in [5.41, 5.74) is 0.00560. The molecule has 6 heteroatoms. The van der Waals surface area contributed by atoms with Gasteiger partial charge in [0.2, 0.25) is 5.89 Å². The van der Waals surface area contributed by atoms with Crippen LogP contribution >= 0.6 is 22.9 Å². The Morgan fingerprint density at radius 3 is 2.50 bits per heavy atom. The van der Waals surface area contributed by atoms with Gasteiger partial charge in [-0.3, -0.25) is 9.80 Å². The zero-order chi connectivity index (χ0) is 17.3. The molecule has 1 aliphatic rings. The minimum atomic E-state index is 0.00560. The summed E-state index contributed by atoms with van der Waals surface area (Å²) in [6.07, 6.45) is 1.88. The lowest BCUT2D eigenvalue weighted by Crippen LogP contribution is -2.46. The van der Waals surface area contributed by atoms with Crippen molar-refractivity contribution < 1.29 is 4.42 Å². The summed E-state index contributed by atoms with van der Waals surface area (Å²) < 4.78 is 6.88. The molecule has 0 radical (unpaired) electrons. The van der Waals surface area contributed by atoms with Crippen molar-refractivity contribution in [2.45, 2.75) is 45.7 Å². The van der Waals surface area contributed by atoms with Gasteiger partial charge in [-0.1, -0.05) is 32.4 Å². The van der Waals surface area contributed by atoms with E-state index in [4.69, 9.17) is 16.0 Å². The number of aromatic nitrogens is 1. The maximum atomic E-state index is 6.02. The van der Waals surface area contributed by atoms with Crippen LogP contribution in [0.1, 0.15) is 50.3 Å². The second-order valence-electron chi connectivity index (χ2n) is 7.51. The highest BCUT2D eigenvalue weighted by atomic mass is 35.5. The highest BCUT2D eigenvalue weighted by Crippen LogP contribution is 2.28. The van der Waals surface area contributed by atoms with Crippen LogP contribution in [0.5, 0.6) is 0 Å². The van der Waals surface area contributed by atoms with Crippen LogP contribution in [0.2, 0.25) is 4.34 Å². The Hall–Kier alpha value is -0.880. The van der Waals surface area contributed by atoms with Gasteiger partial charge in [0.25, 0.3) is 0 Å². The van der Waals surface area contributed by atoms with Gasteiger partial charge in [-0.15, -0.1) is 11.3 Å². The number of halogens is 1. The van der Waals surface area contributed by atoms with Gasteiger partial charge in [0.1, 0.15) is 5.76 Å². The van der Waals surface area contributed by atoms with Crippen LogP contribution in [-0.2, 0) is 12.0 Å². The molecule has 0 N–H and O–H groups in total. The van der Waals surface area contributed by atoms with Crippen molar-refractivity contribution in [2.24, 2.45) is 0 Å². The quantitative estimate of drug-likeness (QED) is 0.792. The fraction of sp³-hybridized carbons (Fsp3) is 0.611. The van der Waals surface area contributed by atoms with E-state index in [1.165, 1.54) is 4.88 Å². The van der Waals surface area contributed by atoms with E-state index < -0.39 is 0 Å². The fourth-order valence-electron chi connectivity index (χ4n) is 2.95. The van der Waals surface area contributed by atoms with Crippen molar-refractivity contribution in [3.8, 4) is 0 Å². The predicted molar refractivity (Wildman–Crippen MR) is 99.8 cm³/mol. The molecule has 1 aliphatic heterocycles. The molecule has 2 aromatic rings. The van der Waals surface area contributed by atoms with E-state index in [1.807, 2.05) is 12.3 Å². The average Bonchev–Trinajstić information content (AvgIpc) is 3.16. The minimum Gasteiger partial charge on any atom is -0.443 e. The minimum absolute atomic E-state index is 0.00560. The maximum absolute atomic E-state index is 6.02. The van der Waals surface area contributed by atoms with Crippen molar-refractivity contribution in [2.75, 3.05) is 26.2 Å². The predicted octanol–water partition coefficient (Wildman–Crippen LogP) is 4.57. The van der Waals surface area contributed by atoms with Gasteiger partial charge in [-0.25, -0.2) is 4.98 Å². The second kappa shape index (κ2) is 7.16. The molecule has 2 aromatic heterocycles. The Kier molecular flexibility index (Phi) is 5.35. The largest absolute Gasteiger partial charge is 0.443 e. The number of thiophene rings is 1. The molecule has 132 valence electrons. The van der Waals surface area contributed by atoms with Gasteiger partial charge in [-0.2, -0.15) is 0 Å². The summed E-state index contributed by atoms with van der Waals surface area (Å²) in [5, 5.41) is 0. The lowest BCUT2D eigenvalue weighted by molar-refractivity contribution is 0.0868. The molecule has 0 aliphatic carbocycles. The average molecular weight is 368 g/mol. The smallest absolute Gasteiger partial charge is 0.211 e. The summed E-state index contributed by atoms with van der Waals surface area (Å²) in [5.74, 6) is 1.79. The van der Waals surface area contributed by atoms with Gasteiger partial charge in [-0.05, 0) is 19.1 Å². The third kappa shape index (κ3) is 4.20. The topological polar surface area (TPSA) is 32.5 Å². The van der Waals surface area contributed by atoms with E-state index in [2.05, 4.69) is 48.5 Å². The lowest BCUT2D eigenvalue weighted by Gasteiger charge is -2.36. The Labute approximate surface area is 153 Å². The van der Waals surface area contributed by atoms with E-state index in [1.54, 1.807) is 11.3 Å². The van der Waals surface area contributed by atoms with E-state index >= 15 is 0 Å². The third-order valence-electron chi connectivity index (χ3n) is 4.58. The van der Waals surface area contributed by atoms with Crippen molar-refractivity contribution in [1.29, 1.82) is 0 Å². The highest BCUT2D eigenvalue weighted by molar-refractivity contribution is 7.16. The fourth-order valence-corrected chi connectivity index (χ4v) is 4.08. The van der Waals surface area contributed by atoms with Gasteiger partial charge >= 0.3 is 0 Å². The molecule has 0 bridgehead atoms. The number of hydrogen-bond donors (Lipinski definition) is 0. The molecule has 3 heterocycles. The summed E-state index contributed by atoms with van der Waals surface area (Å²) in [6, 6.07) is 4.33. The molecular formula is C18H26ClN3OS. The number of rotatable bonds is 4. The van der Waals surface area contributed by atoms with E-state index in [0.717, 1.165) is 48.7 Å². The zero-order valence-corrected chi connectivity index (χ0v) is 16.5. The Morgan fingerprint density at radius 1 is 1.25 bits per heavy atom. The van der Waals surface area contributed by atoms with E-state index in [-0.39, 0.29) is 11.5 Å². The standard InChI is InChI=1S/C18H26ClN3OS/c1-13(17-20-11-15(23-17)18(2,3)4)22-9-7-21(8-10-22)12-14-5-6-16(19)24-14/h5-6,11,13H,7-10,12H2,1-4H3/t13-/m1/s1. The molecule has 0 spiro atoms. The van der Waals surface area contributed by atoms with Crippen LogP contribution in [0.15, 0.2) is 22.7 Å². The molecule has 1 fully saturated rings. The Morgan fingerprint density at radius 2 is 1.96 bits per heavy atom. The SMILES string of the molecule is C[C@H](c1ncc(C(C)(C)C)o1)N1CCN(Cc2ccc(Cl)s2)CC1. The lowest BCUT2D eigenvalue weighted by atomic mass is 9.94. The highest BCUT2D eigenvalue weighted by Gasteiger charge is 2.27. The second-order valence-corrected chi connectivity index (χ2v) is 9.31. The molecule has 0 amide bonds. The normalized spacial score (nSPS) is 18.9. The Balaban J connectivity index is 1.55. The molecule has 3 rings (SSSR count). The third-order valence-corrected chi connectivity index (χ3v) is 5.80. The van der Waals surface area contributed by atoms with E-state index in [0.29, 0.717) is 0 Å². The summed E-state index contributed by atoms with van der Waals surface area (Å²) in [4.78, 5) is 10.8. The summed E-state index contributed by atoms with van der Waals surface area (Å²) >= 11 is 7.69. The van der Waals surface area contributed by atoms with Crippen molar-refractivity contribution in [1.82, 2.24) is 14.8 Å². The number of nitrogens with zero attached hydrogens (tertiary/aromatic N) is 3. The van der Waals surface area contributed by atoms with Crippen LogP contribution in [0.25, 0.3) is 0 Å². The van der Waals surface area contributed by atoms with Gasteiger partial charge in [0.15, 0.2) is 0 Å².